The summed E-state index contributed by atoms with van der Waals surface area (Å²) >= 11 is 4.23. The maximum absolute atomic E-state index is 11.9. The molecule has 86 valence electrons. The second-order valence-electron chi connectivity index (χ2n) is 4.47. The van der Waals surface area contributed by atoms with Crippen LogP contribution in [0, 0.1) is 0 Å². The normalized spacial score (nSPS) is 33.3. The highest BCUT2D eigenvalue weighted by Crippen LogP contribution is 2.29. The van der Waals surface area contributed by atoms with Gasteiger partial charge in [0.05, 0.1) is 24.0 Å². The van der Waals surface area contributed by atoms with E-state index >= 15 is 0 Å². The summed E-state index contributed by atoms with van der Waals surface area (Å²) in [5, 5.41) is -0.189. The van der Waals surface area contributed by atoms with Crippen molar-refractivity contribution in [3.63, 3.8) is 0 Å². The molecule has 3 unspecified atom stereocenters. The van der Waals surface area contributed by atoms with E-state index in [9.17, 15) is 4.79 Å². The third-order valence-corrected chi connectivity index (χ3v) is 3.59. The van der Waals surface area contributed by atoms with Crippen molar-refractivity contribution in [2.24, 2.45) is 0 Å². The van der Waals surface area contributed by atoms with E-state index in [0.29, 0.717) is 12.6 Å². The lowest BCUT2D eigenvalue weighted by molar-refractivity contribution is -0.148. The minimum atomic E-state index is -0.189. The molecule has 0 spiro atoms. The Balaban J connectivity index is 2.06. The van der Waals surface area contributed by atoms with Crippen LogP contribution in [-0.4, -0.2) is 41.4 Å². The molecule has 1 heterocycles. The number of amides is 1. The van der Waals surface area contributed by atoms with Gasteiger partial charge in [0, 0.05) is 6.54 Å². The third-order valence-electron chi connectivity index (χ3n) is 3.37. The average molecular weight is 229 g/mol. The maximum Gasteiger partial charge on any atom is 0.235 e. The minimum absolute atomic E-state index is 0.165. The second-order valence-corrected chi connectivity index (χ2v) is 5.24. The molecule has 0 bridgehead atoms. The van der Waals surface area contributed by atoms with Gasteiger partial charge in [-0.3, -0.25) is 4.79 Å². The van der Waals surface area contributed by atoms with Gasteiger partial charge in [0.1, 0.15) is 0 Å². The van der Waals surface area contributed by atoms with Gasteiger partial charge in [0.2, 0.25) is 5.91 Å². The van der Waals surface area contributed by atoms with Gasteiger partial charge in [-0.15, -0.1) is 0 Å². The fourth-order valence-corrected chi connectivity index (χ4v) is 2.76. The van der Waals surface area contributed by atoms with Crippen molar-refractivity contribution in [2.45, 2.75) is 50.0 Å². The molecule has 3 nitrogen and oxygen atoms in total. The largest absolute Gasteiger partial charge is 0.374 e. The zero-order valence-electron chi connectivity index (χ0n) is 9.19. The molecular formula is C11H19NO2S. The van der Waals surface area contributed by atoms with Crippen molar-refractivity contribution in [1.82, 2.24) is 4.90 Å². The summed E-state index contributed by atoms with van der Waals surface area (Å²) in [5.74, 6) is 0.165. The van der Waals surface area contributed by atoms with Crippen LogP contribution in [0.4, 0.5) is 0 Å². The van der Waals surface area contributed by atoms with Crippen LogP contribution in [0.25, 0.3) is 0 Å². The number of nitrogens with zero attached hydrogens (tertiary/aromatic N) is 1. The Labute approximate surface area is 96.6 Å². The number of hydrogen-bond donors (Lipinski definition) is 1. The van der Waals surface area contributed by atoms with Crippen molar-refractivity contribution in [2.75, 3.05) is 13.2 Å². The Morgan fingerprint density at radius 2 is 2.20 bits per heavy atom. The van der Waals surface area contributed by atoms with Crippen LogP contribution in [0.2, 0.25) is 0 Å². The zero-order chi connectivity index (χ0) is 10.8. The summed E-state index contributed by atoms with van der Waals surface area (Å²) in [4.78, 5) is 13.9. The lowest BCUT2D eigenvalue weighted by Crippen LogP contribution is -2.56. The Morgan fingerprint density at radius 1 is 1.47 bits per heavy atom. The van der Waals surface area contributed by atoms with Crippen LogP contribution >= 0.6 is 12.6 Å². The number of morpholine rings is 1. The van der Waals surface area contributed by atoms with Crippen LogP contribution in [0.15, 0.2) is 0 Å². The molecule has 2 aliphatic rings. The molecular weight excluding hydrogens is 210 g/mol. The number of carbonyl (C=O) groups is 1. The number of thiol groups is 1. The van der Waals surface area contributed by atoms with Crippen molar-refractivity contribution in [3.05, 3.63) is 0 Å². The van der Waals surface area contributed by atoms with E-state index < -0.39 is 0 Å². The molecule has 4 heteroatoms. The molecule has 0 aromatic carbocycles. The second kappa shape index (κ2) is 4.74. The predicted octanol–water partition coefficient (Wildman–Crippen LogP) is 1.47. The molecule has 1 aliphatic heterocycles. The van der Waals surface area contributed by atoms with E-state index in [-0.39, 0.29) is 17.3 Å². The van der Waals surface area contributed by atoms with Crippen molar-refractivity contribution >= 4 is 18.5 Å². The average Bonchev–Trinajstić information content (AvgIpc) is 2.27. The highest BCUT2D eigenvalue weighted by Gasteiger charge is 2.37. The van der Waals surface area contributed by atoms with E-state index in [4.69, 9.17) is 4.74 Å². The van der Waals surface area contributed by atoms with Gasteiger partial charge in [-0.1, -0.05) is 12.8 Å². The van der Waals surface area contributed by atoms with Gasteiger partial charge >= 0.3 is 0 Å². The highest BCUT2D eigenvalue weighted by molar-refractivity contribution is 7.81. The first-order valence-electron chi connectivity index (χ1n) is 5.80. The molecule has 2 fully saturated rings. The lowest BCUT2D eigenvalue weighted by atomic mass is 9.90. The molecule has 0 N–H and O–H groups in total. The topological polar surface area (TPSA) is 29.5 Å². The smallest absolute Gasteiger partial charge is 0.235 e. The highest BCUT2D eigenvalue weighted by atomic mass is 32.1. The Kier molecular flexibility index (Phi) is 3.57. The summed E-state index contributed by atoms with van der Waals surface area (Å²) in [5.41, 5.74) is 0. The first kappa shape index (κ1) is 11.3. The van der Waals surface area contributed by atoms with Gasteiger partial charge in [0.15, 0.2) is 0 Å². The standard InChI is InChI=1S/C11H19NO2S/c1-8(15)11(13)12-6-7-14-10-5-3-2-4-9(10)12/h8-10,15H,2-7H2,1H3. The van der Waals surface area contributed by atoms with Crippen LogP contribution in [0.3, 0.4) is 0 Å². The monoisotopic (exact) mass is 229 g/mol. The van der Waals surface area contributed by atoms with E-state index in [1.165, 1.54) is 12.8 Å². The third kappa shape index (κ3) is 2.31. The Hall–Kier alpha value is -0.220. The molecule has 3 atom stereocenters. The molecule has 1 amide bonds. The van der Waals surface area contributed by atoms with Crippen molar-refractivity contribution in [1.29, 1.82) is 0 Å². The predicted molar refractivity (Wildman–Crippen MR) is 62.2 cm³/mol. The first-order valence-corrected chi connectivity index (χ1v) is 6.32. The summed E-state index contributed by atoms with van der Waals surface area (Å²) in [6.45, 7) is 3.27. The first-order chi connectivity index (χ1) is 7.20. The van der Waals surface area contributed by atoms with Crippen LogP contribution in [-0.2, 0) is 9.53 Å². The fraction of sp³-hybridized carbons (Fsp3) is 0.909. The number of ether oxygens (including phenoxy) is 1. The van der Waals surface area contributed by atoms with Crippen molar-refractivity contribution < 1.29 is 9.53 Å². The Morgan fingerprint density at radius 3 is 2.93 bits per heavy atom. The Bertz CT molecular complexity index is 243. The molecule has 1 saturated carbocycles. The minimum Gasteiger partial charge on any atom is -0.374 e. The molecule has 0 aromatic rings. The quantitative estimate of drug-likeness (QED) is 0.690. The fourth-order valence-electron chi connectivity index (χ4n) is 2.61. The number of fused-ring (bicyclic) bond motifs is 1. The number of rotatable bonds is 1. The van der Waals surface area contributed by atoms with Gasteiger partial charge in [0.25, 0.3) is 0 Å². The van der Waals surface area contributed by atoms with Gasteiger partial charge in [-0.05, 0) is 19.8 Å². The molecule has 15 heavy (non-hydrogen) atoms. The van der Waals surface area contributed by atoms with E-state index in [1.54, 1.807) is 0 Å². The van der Waals surface area contributed by atoms with Crippen LogP contribution in [0.1, 0.15) is 32.6 Å². The molecule has 1 aliphatic carbocycles. The maximum atomic E-state index is 11.9. The summed E-state index contributed by atoms with van der Waals surface area (Å²) in [6.07, 6.45) is 4.94. The molecule has 2 rings (SSSR count). The summed E-state index contributed by atoms with van der Waals surface area (Å²) < 4.78 is 5.72. The summed E-state index contributed by atoms with van der Waals surface area (Å²) in [6, 6.07) is 0.314. The molecule has 0 radical (unpaired) electrons. The van der Waals surface area contributed by atoms with Gasteiger partial charge < -0.3 is 9.64 Å². The SMILES string of the molecule is CC(S)C(=O)N1CCOC2CCCCC21. The summed E-state index contributed by atoms with van der Waals surface area (Å²) in [7, 11) is 0. The molecule has 1 saturated heterocycles. The van der Waals surface area contributed by atoms with Crippen molar-refractivity contribution in [3.8, 4) is 0 Å². The number of carbonyl (C=O) groups excluding carboxylic acids is 1. The van der Waals surface area contributed by atoms with E-state index in [1.807, 2.05) is 11.8 Å². The number of hydrogen-bond acceptors (Lipinski definition) is 3. The molecule has 0 aromatic heterocycles. The van der Waals surface area contributed by atoms with Gasteiger partial charge in [-0.25, -0.2) is 0 Å². The van der Waals surface area contributed by atoms with Gasteiger partial charge in [-0.2, -0.15) is 12.6 Å². The van der Waals surface area contributed by atoms with E-state index in [0.717, 1.165) is 19.4 Å². The zero-order valence-corrected chi connectivity index (χ0v) is 10.1. The lowest BCUT2D eigenvalue weighted by Gasteiger charge is -2.44. The van der Waals surface area contributed by atoms with E-state index in [2.05, 4.69) is 12.6 Å². The van der Waals surface area contributed by atoms with Crippen LogP contribution in [0.5, 0.6) is 0 Å². The van der Waals surface area contributed by atoms with Crippen LogP contribution < -0.4 is 0 Å².